The lowest BCUT2D eigenvalue weighted by Crippen LogP contribution is -2.09. The first-order valence-corrected chi connectivity index (χ1v) is 4.87. The van der Waals surface area contributed by atoms with Crippen molar-refractivity contribution in [1.29, 1.82) is 0 Å². The number of Topliss-reactive ketones (excluding diaryl/α,β-unsaturated/α-hetero) is 1. The second-order valence-corrected chi connectivity index (χ2v) is 3.44. The Hall–Kier alpha value is -1.65. The molecule has 0 unspecified atom stereocenters. The summed E-state index contributed by atoms with van der Waals surface area (Å²) in [5.41, 5.74) is -1.55. The minimum absolute atomic E-state index is 0.0538. The third-order valence-electron chi connectivity index (χ3n) is 2.17. The molecule has 0 N–H and O–H groups in total. The van der Waals surface area contributed by atoms with Gasteiger partial charge in [-0.05, 0) is 24.6 Å². The van der Waals surface area contributed by atoms with Crippen LogP contribution in [0, 0.1) is 5.82 Å². The van der Waals surface area contributed by atoms with E-state index in [0.29, 0.717) is 24.6 Å². The number of allylic oxidation sites excluding steroid dienone is 1. The molecule has 1 nitrogen and oxygen atoms in total. The van der Waals surface area contributed by atoms with E-state index in [4.69, 9.17) is 0 Å². The Bertz CT molecular complexity index is 435. The van der Waals surface area contributed by atoms with Crippen molar-refractivity contribution in [2.75, 3.05) is 0 Å². The zero-order chi connectivity index (χ0) is 13.1. The molecule has 0 fully saturated rings. The van der Waals surface area contributed by atoms with Gasteiger partial charge in [0.2, 0.25) is 0 Å². The van der Waals surface area contributed by atoms with Gasteiger partial charge in [-0.2, -0.15) is 13.2 Å². The van der Waals surface area contributed by atoms with E-state index in [1.54, 1.807) is 0 Å². The summed E-state index contributed by atoms with van der Waals surface area (Å²) in [6.07, 6.45) is -2.89. The van der Waals surface area contributed by atoms with Crippen LogP contribution in [-0.2, 0) is 6.18 Å². The van der Waals surface area contributed by atoms with E-state index < -0.39 is 28.9 Å². The summed E-state index contributed by atoms with van der Waals surface area (Å²) in [4.78, 5) is 11.4. The number of carbonyl (C=O) groups excluding carboxylic acids is 1. The van der Waals surface area contributed by atoms with Crippen molar-refractivity contribution in [3.05, 3.63) is 47.8 Å². The normalized spacial score (nSPS) is 11.3. The van der Waals surface area contributed by atoms with Crippen molar-refractivity contribution in [3.8, 4) is 0 Å². The highest BCUT2D eigenvalue weighted by Gasteiger charge is 2.31. The molecule has 1 aromatic carbocycles. The van der Waals surface area contributed by atoms with Crippen LogP contribution in [0.5, 0.6) is 0 Å². The lowest BCUT2D eigenvalue weighted by atomic mass is 10.0. The number of ketones is 1. The van der Waals surface area contributed by atoms with Gasteiger partial charge in [0.1, 0.15) is 5.82 Å². The molecule has 0 aliphatic rings. The Morgan fingerprint density at radius 3 is 2.53 bits per heavy atom. The number of alkyl halides is 3. The van der Waals surface area contributed by atoms with E-state index in [1.165, 1.54) is 6.08 Å². The number of rotatable bonds is 4. The maximum Gasteiger partial charge on any atom is 0.416 e. The quantitative estimate of drug-likeness (QED) is 0.446. The molecule has 5 heteroatoms. The number of hydrogen-bond donors (Lipinski definition) is 0. The van der Waals surface area contributed by atoms with Gasteiger partial charge >= 0.3 is 6.18 Å². The van der Waals surface area contributed by atoms with E-state index in [1.807, 2.05) is 0 Å². The Labute approximate surface area is 95.8 Å². The zero-order valence-corrected chi connectivity index (χ0v) is 8.85. The smallest absolute Gasteiger partial charge is 0.294 e. The molecule has 0 saturated carbocycles. The summed E-state index contributed by atoms with van der Waals surface area (Å²) < 4.78 is 50.3. The van der Waals surface area contributed by atoms with Crippen LogP contribution in [0.15, 0.2) is 30.9 Å². The SMILES string of the molecule is C=CCCC(=O)c1cc(C(F)(F)F)ccc1F. The molecular weight excluding hydrogens is 236 g/mol. The number of benzene rings is 1. The van der Waals surface area contributed by atoms with Gasteiger partial charge in [-0.3, -0.25) is 4.79 Å². The number of carbonyl (C=O) groups is 1. The van der Waals surface area contributed by atoms with E-state index in [-0.39, 0.29) is 6.42 Å². The summed E-state index contributed by atoms with van der Waals surface area (Å²) in [5.74, 6) is -1.60. The van der Waals surface area contributed by atoms with E-state index in [9.17, 15) is 22.4 Å². The van der Waals surface area contributed by atoms with Crippen molar-refractivity contribution >= 4 is 5.78 Å². The van der Waals surface area contributed by atoms with E-state index in [2.05, 4.69) is 6.58 Å². The average molecular weight is 246 g/mol. The van der Waals surface area contributed by atoms with Crippen LogP contribution in [-0.4, -0.2) is 5.78 Å². The van der Waals surface area contributed by atoms with Crippen molar-refractivity contribution in [1.82, 2.24) is 0 Å². The molecule has 92 valence electrons. The van der Waals surface area contributed by atoms with E-state index in [0.717, 1.165) is 0 Å². The minimum Gasteiger partial charge on any atom is -0.294 e. The molecule has 1 aromatic rings. The molecule has 0 atom stereocenters. The highest BCUT2D eigenvalue weighted by Crippen LogP contribution is 2.30. The third kappa shape index (κ3) is 3.41. The first kappa shape index (κ1) is 13.4. The van der Waals surface area contributed by atoms with Gasteiger partial charge in [-0.1, -0.05) is 6.08 Å². The van der Waals surface area contributed by atoms with Gasteiger partial charge in [0.25, 0.3) is 0 Å². The van der Waals surface area contributed by atoms with Gasteiger partial charge < -0.3 is 0 Å². The lowest BCUT2D eigenvalue weighted by molar-refractivity contribution is -0.137. The number of halogens is 4. The summed E-state index contributed by atoms with van der Waals surface area (Å²) in [6.45, 7) is 3.38. The molecule has 0 spiro atoms. The zero-order valence-electron chi connectivity index (χ0n) is 8.85. The fourth-order valence-corrected chi connectivity index (χ4v) is 1.28. The van der Waals surface area contributed by atoms with Crippen LogP contribution >= 0.6 is 0 Å². The molecular formula is C12H10F4O. The van der Waals surface area contributed by atoms with Gasteiger partial charge in [0.15, 0.2) is 5.78 Å². The minimum atomic E-state index is -4.58. The average Bonchev–Trinajstić information content (AvgIpc) is 2.24. The molecule has 0 heterocycles. The Balaban J connectivity index is 3.06. The van der Waals surface area contributed by atoms with Crippen LogP contribution in [0.25, 0.3) is 0 Å². The maximum absolute atomic E-state index is 13.2. The van der Waals surface area contributed by atoms with Crippen molar-refractivity contribution in [2.24, 2.45) is 0 Å². The van der Waals surface area contributed by atoms with Gasteiger partial charge in [-0.15, -0.1) is 6.58 Å². The molecule has 0 radical (unpaired) electrons. The summed E-state index contributed by atoms with van der Waals surface area (Å²) in [5, 5.41) is 0. The summed E-state index contributed by atoms with van der Waals surface area (Å²) >= 11 is 0. The van der Waals surface area contributed by atoms with Crippen LogP contribution in [0.1, 0.15) is 28.8 Å². The molecule has 0 saturated heterocycles. The van der Waals surface area contributed by atoms with Crippen LogP contribution in [0.4, 0.5) is 17.6 Å². The molecule has 0 amide bonds. The van der Waals surface area contributed by atoms with Crippen molar-refractivity contribution in [2.45, 2.75) is 19.0 Å². The molecule has 0 aliphatic carbocycles. The predicted octanol–water partition coefficient (Wildman–Crippen LogP) is 3.99. The molecule has 0 aliphatic heterocycles. The van der Waals surface area contributed by atoms with Crippen molar-refractivity contribution < 1.29 is 22.4 Å². The highest BCUT2D eigenvalue weighted by atomic mass is 19.4. The molecule has 0 aromatic heterocycles. The van der Waals surface area contributed by atoms with Crippen LogP contribution in [0.3, 0.4) is 0 Å². The third-order valence-corrected chi connectivity index (χ3v) is 2.17. The highest BCUT2D eigenvalue weighted by molar-refractivity contribution is 5.96. The Kier molecular flexibility index (Phi) is 4.04. The van der Waals surface area contributed by atoms with Gasteiger partial charge in [0.05, 0.1) is 11.1 Å². The molecule has 0 bridgehead atoms. The first-order chi connectivity index (χ1) is 7.86. The van der Waals surface area contributed by atoms with Gasteiger partial charge in [-0.25, -0.2) is 4.39 Å². The standard InChI is InChI=1S/C12H10F4O/c1-2-3-4-11(17)9-7-8(12(14,15)16)5-6-10(9)13/h2,5-7H,1,3-4H2. The molecule has 1 rings (SSSR count). The number of hydrogen-bond acceptors (Lipinski definition) is 1. The summed E-state index contributed by atoms with van der Waals surface area (Å²) in [7, 11) is 0. The first-order valence-electron chi connectivity index (χ1n) is 4.87. The van der Waals surface area contributed by atoms with E-state index >= 15 is 0 Å². The maximum atomic E-state index is 13.2. The van der Waals surface area contributed by atoms with Crippen LogP contribution < -0.4 is 0 Å². The van der Waals surface area contributed by atoms with Gasteiger partial charge in [0, 0.05) is 6.42 Å². The predicted molar refractivity (Wildman–Crippen MR) is 55.2 cm³/mol. The fraction of sp³-hybridized carbons (Fsp3) is 0.250. The van der Waals surface area contributed by atoms with Crippen LogP contribution in [0.2, 0.25) is 0 Å². The monoisotopic (exact) mass is 246 g/mol. The largest absolute Gasteiger partial charge is 0.416 e. The topological polar surface area (TPSA) is 17.1 Å². The Morgan fingerprint density at radius 1 is 1.35 bits per heavy atom. The summed E-state index contributed by atoms with van der Waals surface area (Å²) in [6, 6.07) is 1.81. The molecule has 17 heavy (non-hydrogen) atoms. The lowest BCUT2D eigenvalue weighted by Gasteiger charge is -2.08. The fourth-order valence-electron chi connectivity index (χ4n) is 1.28. The second kappa shape index (κ2) is 5.12. The Morgan fingerprint density at radius 2 is 2.00 bits per heavy atom. The van der Waals surface area contributed by atoms with Crippen molar-refractivity contribution in [3.63, 3.8) is 0 Å². The second-order valence-electron chi connectivity index (χ2n) is 3.44.